The lowest BCUT2D eigenvalue weighted by Crippen LogP contribution is -2.48. The summed E-state index contributed by atoms with van der Waals surface area (Å²) in [4.78, 5) is 31.8. The Morgan fingerprint density at radius 1 is 0.923 bits per heavy atom. The van der Waals surface area contributed by atoms with Gasteiger partial charge in [0.15, 0.2) is 11.6 Å². The number of furan rings is 1. The number of urea groups is 1. The lowest BCUT2D eigenvalue weighted by molar-refractivity contribution is -0.133. The van der Waals surface area contributed by atoms with Crippen LogP contribution in [0.4, 0.5) is 23.7 Å². The first-order valence-electron chi connectivity index (χ1n) is 12.7. The number of anilines is 1. The molecule has 1 saturated heterocycles. The second-order valence-electron chi connectivity index (χ2n) is 9.32. The number of morpholine rings is 1. The van der Waals surface area contributed by atoms with Gasteiger partial charge in [-0.1, -0.05) is 12.1 Å². The van der Waals surface area contributed by atoms with E-state index in [0.29, 0.717) is 49.9 Å². The molecule has 0 aliphatic carbocycles. The van der Waals surface area contributed by atoms with Gasteiger partial charge in [-0.2, -0.15) is 0 Å². The number of nitrogens with zero attached hydrogens (tertiary/aromatic N) is 3. The Morgan fingerprint density at radius 2 is 1.67 bits per heavy atom. The molecule has 1 aromatic heterocycles. The molecule has 0 saturated carbocycles. The van der Waals surface area contributed by atoms with Crippen molar-refractivity contribution in [3.8, 4) is 0 Å². The summed E-state index contributed by atoms with van der Waals surface area (Å²) < 4.78 is 51.6. The lowest BCUT2D eigenvalue weighted by atomic mass is 10.2. The molecular weight excluding hydrogens is 513 g/mol. The van der Waals surface area contributed by atoms with Crippen molar-refractivity contribution in [2.75, 3.05) is 51.3 Å². The van der Waals surface area contributed by atoms with Crippen molar-refractivity contribution < 1.29 is 31.9 Å². The lowest BCUT2D eigenvalue weighted by Gasteiger charge is -2.31. The van der Waals surface area contributed by atoms with Crippen LogP contribution in [-0.2, 0) is 22.6 Å². The molecule has 3 amide bonds. The maximum atomic E-state index is 13.7. The van der Waals surface area contributed by atoms with Gasteiger partial charge in [-0.25, -0.2) is 18.0 Å². The molecule has 1 fully saturated rings. The molecule has 39 heavy (non-hydrogen) atoms. The van der Waals surface area contributed by atoms with E-state index in [4.69, 9.17) is 9.15 Å². The van der Waals surface area contributed by atoms with Crippen molar-refractivity contribution in [1.82, 2.24) is 14.7 Å². The highest BCUT2D eigenvalue weighted by Gasteiger charge is 2.24. The molecule has 4 rings (SSSR count). The first-order chi connectivity index (χ1) is 18.8. The normalized spacial score (nSPS) is 13.7. The third-order valence-electron chi connectivity index (χ3n) is 6.36. The zero-order valence-electron chi connectivity index (χ0n) is 21.7. The van der Waals surface area contributed by atoms with Crippen molar-refractivity contribution in [1.29, 1.82) is 0 Å². The zero-order valence-corrected chi connectivity index (χ0v) is 21.7. The summed E-state index contributed by atoms with van der Waals surface area (Å²) >= 11 is 0. The average molecular weight is 545 g/mol. The molecule has 3 aromatic rings. The van der Waals surface area contributed by atoms with Gasteiger partial charge in [0.25, 0.3) is 0 Å². The van der Waals surface area contributed by atoms with Crippen molar-refractivity contribution in [3.63, 3.8) is 0 Å². The molecule has 8 nitrogen and oxygen atoms in total. The van der Waals surface area contributed by atoms with Gasteiger partial charge < -0.3 is 24.3 Å². The summed E-state index contributed by atoms with van der Waals surface area (Å²) in [5, 5.41) is 2.56. The largest absolute Gasteiger partial charge is 0.464 e. The van der Waals surface area contributed by atoms with Gasteiger partial charge >= 0.3 is 6.03 Å². The van der Waals surface area contributed by atoms with Crippen LogP contribution in [0.2, 0.25) is 0 Å². The first-order valence-corrected chi connectivity index (χ1v) is 12.7. The summed E-state index contributed by atoms with van der Waals surface area (Å²) in [6, 6.07) is 11.8. The Kier molecular flexibility index (Phi) is 9.61. The molecule has 0 radical (unpaired) electrons. The second-order valence-corrected chi connectivity index (χ2v) is 9.32. The average Bonchev–Trinajstić information content (AvgIpc) is 3.34. The molecule has 0 unspecified atom stereocenters. The molecule has 1 aliphatic rings. The van der Waals surface area contributed by atoms with Gasteiger partial charge in [0, 0.05) is 44.5 Å². The molecule has 0 spiro atoms. The number of ether oxygens (including phenoxy) is 1. The van der Waals surface area contributed by atoms with E-state index in [1.54, 1.807) is 31.2 Å². The van der Waals surface area contributed by atoms with Gasteiger partial charge in [0.05, 0.1) is 19.8 Å². The van der Waals surface area contributed by atoms with Gasteiger partial charge in [0.2, 0.25) is 5.91 Å². The van der Waals surface area contributed by atoms with Gasteiger partial charge in [-0.05, 0) is 48.9 Å². The van der Waals surface area contributed by atoms with Crippen LogP contribution in [0, 0.1) is 24.4 Å². The van der Waals surface area contributed by atoms with Crippen LogP contribution in [0.1, 0.15) is 17.1 Å². The highest BCUT2D eigenvalue weighted by atomic mass is 19.2. The van der Waals surface area contributed by atoms with Gasteiger partial charge in [-0.3, -0.25) is 9.69 Å². The number of benzene rings is 2. The number of hydrogen-bond donors (Lipinski definition) is 1. The number of aryl methyl sites for hydroxylation is 1. The van der Waals surface area contributed by atoms with Crippen LogP contribution in [0.25, 0.3) is 0 Å². The van der Waals surface area contributed by atoms with Gasteiger partial charge in [-0.15, -0.1) is 0 Å². The standard InChI is InChI=1S/C28H31F3N4O4/c1-20-2-8-24(39-20)18-35(17-21-3-5-22(29)6-4-21)27(36)19-34(11-10-33-12-14-38-15-13-33)28(37)32-23-7-9-25(30)26(31)16-23/h2-9,16H,10-15,17-19H2,1H3,(H,32,37). The third kappa shape index (κ3) is 8.33. The van der Waals surface area contributed by atoms with Crippen LogP contribution in [0.15, 0.2) is 59.0 Å². The van der Waals surface area contributed by atoms with Crippen LogP contribution < -0.4 is 5.32 Å². The molecular formula is C28H31F3N4O4. The Balaban J connectivity index is 1.51. The summed E-state index contributed by atoms with van der Waals surface area (Å²) in [6.45, 7) is 5.09. The molecule has 208 valence electrons. The molecule has 2 heterocycles. The smallest absolute Gasteiger partial charge is 0.322 e. The summed E-state index contributed by atoms with van der Waals surface area (Å²) in [7, 11) is 0. The molecule has 11 heteroatoms. The fourth-order valence-corrected chi connectivity index (χ4v) is 4.18. The first kappa shape index (κ1) is 28.2. The maximum absolute atomic E-state index is 13.7. The van der Waals surface area contributed by atoms with E-state index in [9.17, 15) is 22.8 Å². The number of amides is 3. The Labute approximate surface area is 224 Å². The highest BCUT2D eigenvalue weighted by Crippen LogP contribution is 2.16. The summed E-state index contributed by atoms with van der Waals surface area (Å²) in [5.41, 5.74) is 0.774. The predicted molar refractivity (Wildman–Crippen MR) is 138 cm³/mol. The minimum Gasteiger partial charge on any atom is -0.464 e. The van der Waals surface area contributed by atoms with E-state index < -0.39 is 17.7 Å². The fourth-order valence-electron chi connectivity index (χ4n) is 4.18. The highest BCUT2D eigenvalue weighted by molar-refractivity contribution is 5.92. The van der Waals surface area contributed by atoms with Gasteiger partial charge in [0.1, 0.15) is 23.9 Å². The van der Waals surface area contributed by atoms with Crippen LogP contribution >= 0.6 is 0 Å². The summed E-state index contributed by atoms with van der Waals surface area (Å²) in [5.74, 6) is -1.62. The SMILES string of the molecule is Cc1ccc(CN(Cc2ccc(F)cc2)C(=O)CN(CCN2CCOCC2)C(=O)Nc2ccc(F)c(F)c2)o1. The van der Waals surface area contributed by atoms with Crippen molar-refractivity contribution in [2.45, 2.75) is 20.0 Å². The molecule has 2 aromatic carbocycles. The predicted octanol–water partition coefficient (Wildman–Crippen LogP) is 4.40. The quantitative estimate of drug-likeness (QED) is 0.410. The van der Waals surface area contributed by atoms with E-state index in [1.807, 2.05) is 0 Å². The van der Waals surface area contributed by atoms with E-state index in [-0.39, 0.29) is 43.6 Å². The fraction of sp³-hybridized carbons (Fsp3) is 0.357. The molecule has 0 atom stereocenters. The van der Waals surface area contributed by atoms with Crippen LogP contribution in [0.5, 0.6) is 0 Å². The number of carbonyl (C=O) groups is 2. The Morgan fingerprint density at radius 3 is 2.33 bits per heavy atom. The van der Waals surface area contributed by atoms with E-state index in [2.05, 4.69) is 10.2 Å². The minimum absolute atomic E-state index is 0.0666. The van der Waals surface area contributed by atoms with E-state index in [0.717, 1.165) is 12.1 Å². The topological polar surface area (TPSA) is 78.3 Å². The Hall–Kier alpha value is -3.83. The molecule has 1 N–H and O–H groups in total. The van der Waals surface area contributed by atoms with Crippen molar-refractivity contribution >= 4 is 17.6 Å². The van der Waals surface area contributed by atoms with E-state index in [1.165, 1.54) is 28.0 Å². The zero-order chi connectivity index (χ0) is 27.8. The maximum Gasteiger partial charge on any atom is 0.322 e. The van der Waals surface area contributed by atoms with Crippen molar-refractivity contribution in [2.24, 2.45) is 0 Å². The Bertz CT molecular complexity index is 1260. The monoisotopic (exact) mass is 544 g/mol. The number of halogens is 3. The van der Waals surface area contributed by atoms with Crippen molar-refractivity contribution in [3.05, 3.63) is 89.1 Å². The second kappa shape index (κ2) is 13.3. The van der Waals surface area contributed by atoms with Crippen LogP contribution in [0.3, 0.4) is 0 Å². The number of carbonyl (C=O) groups excluding carboxylic acids is 2. The number of nitrogens with one attached hydrogen (secondary N) is 1. The number of hydrogen-bond acceptors (Lipinski definition) is 5. The minimum atomic E-state index is -1.09. The summed E-state index contributed by atoms with van der Waals surface area (Å²) in [6.07, 6.45) is 0. The number of rotatable bonds is 10. The third-order valence-corrected chi connectivity index (χ3v) is 6.36. The molecule has 1 aliphatic heterocycles. The van der Waals surface area contributed by atoms with Crippen LogP contribution in [-0.4, -0.2) is 72.6 Å². The molecule has 0 bridgehead atoms. The van der Waals surface area contributed by atoms with E-state index >= 15 is 0 Å².